The van der Waals surface area contributed by atoms with Gasteiger partial charge in [0, 0.05) is 16.6 Å². The molecule has 3 aromatic rings. The van der Waals surface area contributed by atoms with Crippen LogP contribution in [0.25, 0.3) is 10.9 Å². The van der Waals surface area contributed by atoms with E-state index in [-0.39, 0.29) is 21.7 Å². The molecule has 0 fully saturated rings. The van der Waals surface area contributed by atoms with Crippen LogP contribution in [0.3, 0.4) is 0 Å². The van der Waals surface area contributed by atoms with Gasteiger partial charge in [-0.25, -0.2) is 18.2 Å². The standard InChI is InChI=1S/C21H22N4O4S/c1-4-30(28,29)18-10-9-15(12-26)19-16(18)11-14(3)20(23-19)24-25-21(27)22-17-8-6-5-7-13(17)2/h5-12H,4H2,1-3H3,(H,23,24)(H2,22,25,27). The second kappa shape index (κ2) is 8.50. The topological polar surface area (TPSA) is 117 Å². The van der Waals surface area contributed by atoms with Gasteiger partial charge >= 0.3 is 6.03 Å². The summed E-state index contributed by atoms with van der Waals surface area (Å²) < 4.78 is 24.9. The number of para-hydroxylation sites is 1. The van der Waals surface area contributed by atoms with E-state index >= 15 is 0 Å². The molecule has 0 aliphatic carbocycles. The number of aryl methyl sites for hydroxylation is 2. The molecule has 0 unspecified atom stereocenters. The van der Waals surface area contributed by atoms with Crippen molar-refractivity contribution < 1.29 is 18.0 Å². The van der Waals surface area contributed by atoms with Crippen molar-refractivity contribution in [2.45, 2.75) is 25.7 Å². The largest absolute Gasteiger partial charge is 0.337 e. The fourth-order valence-corrected chi connectivity index (χ4v) is 4.06. The molecule has 1 heterocycles. The molecular weight excluding hydrogens is 404 g/mol. The molecule has 1 aromatic heterocycles. The van der Waals surface area contributed by atoms with Crippen molar-refractivity contribution in [2.75, 3.05) is 16.5 Å². The second-order valence-corrected chi connectivity index (χ2v) is 8.99. The lowest BCUT2D eigenvalue weighted by Gasteiger charge is -2.15. The van der Waals surface area contributed by atoms with Crippen LogP contribution < -0.4 is 16.2 Å². The predicted molar refractivity (Wildman–Crippen MR) is 117 cm³/mol. The van der Waals surface area contributed by atoms with Crippen LogP contribution in [0.5, 0.6) is 0 Å². The molecular formula is C21H22N4O4S. The van der Waals surface area contributed by atoms with Gasteiger partial charge in [0.15, 0.2) is 16.1 Å². The van der Waals surface area contributed by atoms with Crippen LogP contribution in [-0.4, -0.2) is 31.5 Å². The second-order valence-electron chi connectivity index (χ2n) is 6.74. The SMILES string of the molecule is CCS(=O)(=O)c1ccc(C=O)c2nc(NNC(=O)Nc3ccccc3C)c(C)cc12. The summed E-state index contributed by atoms with van der Waals surface area (Å²) in [6.07, 6.45) is 0.620. The molecule has 0 aliphatic heterocycles. The van der Waals surface area contributed by atoms with E-state index in [0.717, 1.165) is 5.56 Å². The molecule has 2 amide bonds. The molecule has 30 heavy (non-hydrogen) atoms. The number of pyridine rings is 1. The number of rotatable bonds is 6. The maximum absolute atomic E-state index is 12.4. The number of hydrogen-bond donors (Lipinski definition) is 3. The van der Waals surface area contributed by atoms with Gasteiger partial charge in [-0.1, -0.05) is 25.1 Å². The Bertz CT molecular complexity index is 1240. The average Bonchev–Trinajstić information content (AvgIpc) is 2.73. The van der Waals surface area contributed by atoms with Crippen LogP contribution in [0.15, 0.2) is 47.4 Å². The predicted octanol–water partition coefficient (Wildman–Crippen LogP) is 3.61. The Morgan fingerprint density at radius 3 is 2.50 bits per heavy atom. The maximum atomic E-state index is 12.4. The minimum absolute atomic E-state index is 0.0672. The number of carbonyl (C=O) groups excluding carboxylic acids is 2. The van der Waals surface area contributed by atoms with E-state index in [1.807, 2.05) is 25.1 Å². The molecule has 0 aliphatic rings. The number of nitrogens with one attached hydrogen (secondary N) is 3. The van der Waals surface area contributed by atoms with Gasteiger partial charge in [0.2, 0.25) is 0 Å². The Hall–Kier alpha value is -3.46. The van der Waals surface area contributed by atoms with Crippen molar-refractivity contribution in [1.82, 2.24) is 10.4 Å². The first kappa shape index (κ1) is 21.3. The van der Waals surface area contributed by atoms with Gasteiger partial charge < -0.3 is 5.32 Å². The normalized spacial score (nSPS) is 11.2. The number of sulfone groups is 1. The summed E-state index contributed by atoms with van der Waals surface area (Å²) in [4.78, 5) is 28.2. The van der Waals surface area contributed by atoms with Gasteiger partial charge in [-0.05, 0) is 49.2 Å². The first-order chi connectivity index (χ1) is 14.3. The Morgan fingerprint density at radius 2 is 1.83 bits per heavy atom. The number of nitrogens with zero attached hydrogens (tertiary/aromatic N) is 1. The Balaban J connectivity index is 1.92. The molecule has 0 radical (unpaired) electrons. The van der Waals surface area contributed by atoms with Crippen LogP contribution in [0.2, 0.25) is 0 Å². The first-order valence-electron chi connectivity index (χ1n) is 9.27. The van der Waals surface area contributed by atoms with Crippen molar-refractivity contribution in [3.8, 4) is 0 Å². The smallest absolute Gasteiger partial charge is 0.306 e. The number of hydrazine groups is 1. The fourth-order valence-electron chi connectivity index (χ4n) is 2.99. The van der Waals surface area contributed by atoms with Gasteiger partial charge in [0.1, 0.15) is 5.82 Å². The summed E-state index contributed by atoms with van der Waals surface area (Å²) in [5.41, 5.74) is 7.92. The monoisotopic (exact) mass is 426 g/mol. The summed E-state index contributed by atoms with van der Waals surface area (Å²) in [5, 5.41) is 3.09. The van der Waals surface area contributed by atoms with Gasteiger partial charge in [-0.3, -0.25) is 15.6 Å². The van der Waals surface area contributed by atoms with Gasteiger partial charge in [0.25, 0.3) is 0 Å². The summed E-state index contributed by atoms with van der Waals surface area (Å²) in [7, 11) is -3.50. The fraction of sp³-hybridized carbons (Fsp3) is 0.190. The lowest BCUT2D eigenvalue weighted by atomic mass is 10.1. The summed E-state index contributed by atoms with van der Waals surface area (Å²) in [6, 6.07) is 11.3. The average molecular weight is 426 g/mol. The molecule has 3 rings (SSSR count). The van der Waals surface area contributed by atoms with Gasteiger partial charge in [0.05, 0.1) is 16.2 Å². The lowest BCUT2D eigenvalue weighted by molar-refractivity contribution is 0.112. The number of urea groups is 1. The van der Waals surface area contributed by atoms with E-state index in [2.05, 4.69) is 21.2 Å². The molecule has 0 spiro atoms. The van der Waals surface area contributed by atoms with Crippen LogP contribution in [0.1, 0.15) is 28.4 Å². The minimum Gasteiger partial charge on any atom is -0.306 e. The summed E-state index contributed by atoms with van der Waals surface area (Å²) >= 11 is 0. The van der Waals surface area contributed by atoms with Crippen LogP contribution in [0, 0.1) is 13.8 Å². The molecule has 0 saturated heterocycles. The lowest BCUT2D eigenvalue weighted by Crippen LogP contribution is -2.34. The van der Waals surface area contributed by atoms with E-state index in [0.29, 0.717) is 28.7 Å². The van der Waals surface area contributed by atoms with Crippen molar-refractivity contribution in [3.05, 3.63) is 59.2 Å². The third-order valence-electron chi connectivity index (χ3n) is 4.70. The zero-order valence-electron chi connectivity index (χ0n) is 16.8. The third-order valence-corrected chi connectivity index (χ3v) is 6.48. The Kier molecular flexibility index (Phi) is 6.02. The van der Waals surface area contributed by atoms with E-state index < -0.39 is 15.9 Å². The number of hydrogen-bond acceptors (Lipinski definition) is 6. The molecule has 3 N–H and O–H groups in total. The number of carbonyl (C=O) groups is 2. The first-order valence-corrected chi connectivity index (χ1v) is 10.9. The van der Waals surface area contributed by atoms with E-state index in [1.54, 1.807) is 26.0 Å². The quantitative estimate of drug-likeness (QED) is 0.409. The summed E-state index contributed by atoms with van der Waals surface area (Å²) in [6.45, 7) is 5.16. The number of aromatic nitrogens is 1. The van der Waals surface area contributed by atoms with E-state index in [9.17, 15) is 18.0 Å². The highest BCUT2D eigenvalue weighted by molar-refractivity contribution is 7.91. The van der Waals surface area contributed by atoms with Crippen molar-refractivity contribution in [1.29, 1.82) is 0 Å². The number of aldehydes is 1. The van der Waals surface area contributed by atoms with Crippen molar-refractivity contribution in [3.63, 3.8) is 0 Å². The highest BCUT2D eigenvalue weighted by Gasteiger charge is 2.19. The number of anilines is 2. The van der Waals surface area contributed by atoms with Crippen LogP contribution in [-0.2, 0) is 9.84 Å². The molecule has 156 valence electrons. The van der Waals surface area contributed by atoms with Gasteiger partial charge in [-0.2, -0.15) is 0 Å². The minimum atomic E-state index is -3.50. The number of benzene rings is 2. The molecule has 0 saturated carbocycles. The molecule has 8 nitrogen and oxygen atoms in total. The molecule has 2 aromatic carbocycles. The molecule has 9 heteroatoms. The molecule has 0 bridgehead atoms. The maximum Gasteiger partial charge on any atom is 0.337 e. The zero-order valence-corrected chi connectivity index (χ0v) is 17.6. The van der Waals surface area contributed by atoms with E-state index in [1.165, 1.54) is 12.1 Å². The van der Waals surface area contributed by atoms with Crippen molar-refractivity contribution in [2.24, 2.45) is 0 Å². The van der Waals surface area contributed by atoms with Crippen LogP contribution in [0.4, 0.5) is 16.3 Å². The Morgan fingerprint density at radius 1 is 1.10 bits per heavy atom. The Labute approximate surface area is 174 Å². The van der Waals surface area contributed by atoms with Crippen molar-refractivity contribution >= 4 is 44.6 Å². The summed E-state index contributed by atoms with van der Waals surface area (Å²) in [5.74, 6) is 0.235. The highest BCUT2D eigenvalue weighted by atomic mass is 32.2. The number of amides is 2. The molecule has 0 atom stereocenters. The third kappa shape index (κ3) is 4.25. The van der Waals surface area contributed by atoms with E-state index in [4.69, 9.17) is 0 Å². The zero-order chi connectivity index (χ0) is 21.9. The number of fused-ring (bicyclic) bond motifs is 1. The van der Waals surface area contributed by atoms with Crippen LogP contribution >= 0.6 is 0 Å². The van der Waals surface area contributed by atoms with Gasteiger partial charge in [-0.15, -0.1) is 0 Å². The highest BCUT2D eigenvalue weighted by Crippen LogP contribution is 2.28.